The molecule has 10 heteroatoms. The van der Waals surface area contributed by atoms with Gasteiger partial charge in [0, 0.05) is 13.1 Å². The van der Waals surface area contributed by atoms with E-state index in [4.69, 9.17) is 5.11 Å². The van der Waals surface area contributed by atoms with Gasteiger partial charge < -0.3 is 10.0 Å². The van der Waals surface area contributed by atoms with E-state index >= 15 is 0 Å². The lowest BCUT2D eigenvalue weighted by Gasteiger charge is -2.31. The average molecular weight is 315 g/mol. The van der Waals surface area contributed by atoms with Gasteiger partial charge >= 0.3 is 12.1 Å². The summed E-state index contributed by atoms with van der Waals surface area (Å²) < 4.78 is 39.2. The first-order chi connectivity index (χ1) is 10.4. The Morgan fingerprint density at radius 3 is 2.77 bits per heavy atom. The highest BCUT2D eigenvalue weighted by molar-refractivity contribution is 5.71. The number of halogens is 3. The van der Waals surface area contributed by atoms with E-state index in [1.807, 2.05) is 0 Å². The van der Waals surface area contributed by atoms with Gasteiger partial charge in [-0.1, -0.05) is 0 Å². The second-order valence-electron chi connectivity index (χ2n) is 5.11. The maximum Gasteiger partial charge on any atom is 0.453 e. The number of carboxylic acids is 1. The molecule has 0 spiro atoms. The number of aromatic nitrogens is 4. The molecule has 1 atom stereocenters. The zero-order valence-corrected chi connectivity index (χ0v) is 11.3. The highest BCUT2D eigenvalue weighted by atomic mass is 19.4. The zero-order valence-electron chi connectivity index (χ0n) is 11.3. The van der Waals surface area contributed by atoms with Crippen molar-refractivity contribution >= 4 is 17.4 Å². The molecule has 0 aliphatic carbocycles. The van der Waals surface area contributed by atoms with E-state index in [1.54, 1.807) is 4.90 Å². The molecule has 118 valence electrons. The molecule has 3 rings (SSSR count). The summed E-state index contributed by atoms with van der Waals surface area (Å²) in [4.78, 5) is 12.7. The van der Waals surface area contributed by atoms with Crippen LogP contribution in [-0.2, 0) is 11.0 Å². The molecule has 0 unspecified atom stereocenters. The molecule has 0 amide bonds. The van der Waals surface area contributed by atoms with Crippen molar-refractivity contribution in [3.05, 3.63) is 18.0 Å². The number of anilines is 1. The average Bonchev–Trinajstić information content (AvgIpc) is 2.90. The predicted molar refractivity (Wildman–Crippen MR) is 68.4 cm³/mol. The fraction of sp³-hybridized carbons (Fsp3) is 0.500. The smallest absolute Gasteiger partial charge is 0.453 e. The second-order valence-corrected chi connectivity index (χ2v) is 5.11. The van der Waals surface area contributed by atoms with E-state index in [9.17, 15) is 18.0 Å². The number of piperidine rings is 1. The molecule has 0 bridgehead atoms. The summed E-state index contributed by atoms with van der Waals surface area (Å²) in [5.41, 5.74) is -0.0112. The molecule has 2 aromatic heterocycles. The standard InChI is InChI=1S/C12H12F3N5O2/c13-12(14,15)11-17-16-8-3-4-9(18-20(8)11)19-5-1-2-7(6-19)10(21)22/h3-4,7H,1-2,5-6H2,(H,21,22)/t7-/m1/s1. The third-order valence-electron chi connectivity index (χ3n) is 3.60. The third-order valence-corrected chi connectivity index (χ3v) is 3.60. The van der Waals surface area contributed by atoms with Gasteiger partial charge in [0.05, 0.1) is 5.92 Å². The van der Waals surface area contributed by atoms with Crippen LogP contribution in [0.1, 0.15) is 18.7 Å². The highest BCUT2D eigenvalue weighted by Gasteiger charge is 2.38. The van der Waals surface area contributed by atoms with Gasteiger partial charge in [-0.05, 0) is 25.0 Å². The Morgan fingerprint density at radius 1 is 1.32 bits per heavy atom. The Morgan fingerprint density at radius 2 is 2.09 bits per heavy atom. The topological polar surface area (TPSA) is 83.6 Å². The number of fused-ring (bicyclic) bond motifs is 1. The Hall–Kier alpha value is -2.39. The first-order valence-electron chi connectivity index (χ1n) is 6.63. The number of hydrogen-bond acceptors (Lipinski definition) is 5. The van der Waals surface area contributed by atoms with Crippen LogP contribution in [0, 0.1) is 5.92 Å². The van der Waals surface area contributed by atoms with Gasteiger partial charge in [0.2, 0.25) is 0 Å². The van der Waals surface area contributed by atoms with Crippen LogP contribution < -0.4 is 4.90 Å². The van der Waals surface area contributed by atoms with Crippen LogP contribution in [0.3, 0.4) is 0 Å². The molecule has 0 saturated carbocycles. The molecule has 0 radical (unpaired) electrons. The first-order valence-corrected chi connectivity index (χ1v) is 6.63. The van der Waals surface area contributed by atoms with E-state index in [0.29, 0.717) is 23.9 Å². The molecule has 1 N–H and O–H groups in total. The minimum Gasteiger partial charge on any atom is -0.481 e. The van der Waals surface area contributed by atoms with Gasteiger partial charge in [-0.3, -0.25) is 4.79 Å². The number of aliphatic carboxylic acids is 1. The number of nitrogens with zero attached hydrogens (tertiary/aromatic N) is 5. The normalized spacial score (nSPS) is 19.6. The lowest BCUT2D eigenvalue weighted by atomic mass is 9.98. The van der Waals surface area contributed by atoms with Gasteiger partial charge in [-0.25, -0.2) is 0 Å². The highest BCUT2D eigenvalue weighted by Crippen LogP contribution is 2.28. The van der Waals surface area contributed by atoms with Gasteiger partial charge in [-0.15, -0.1) is 15.3 Å². The molecule has 1 aliphatic rings. The summed E-state index contributed by atoms with van der Waals surface area (Å²) in [5.74, 6) is -2.37. The van der Waals surface area contributed by atoms with Gasteiger partial charge in [0.1, 0.15) is 5.82 Å². The lowest BCUT2D eigenvalue weighted by molar-refractivity contribution is -0.146. The minimum atomic E-state index is -4.66. The van der Waals surface area contributed by atoms with E-state index in [1.165, 1.54) is 12.1 Å². The molecule has 2 aromatic rings. The van der Waals surface area contributed by atoms with Crippen LogP contribution in [0.25, 0.3) is 5.65 Å². The molecular formula is C12H12F3N5O2. The first kappa shape index (κ1) is 14.5. The fourth-order valence-corrected chi connectivity index (χ4v) is 2.51. The molecule has 3 heterocycles. The van der Waals surface area contributed by atoms with E-state index in [2.05, 4.69) is 15.3 Å². The van der Waals surface area contributed by atoms with Crippen molar-refractivity contribution in [2.24, 2.45) is 5.92 Å². The van der Waals surface area contributed by atoms with Crippen LogP contribution in [0.4, 0.5) is 19.0 Å². The molecular weight excluding hydrogens is 303 g/mol. The van der Waals surface area contributed by atoms with Crippen LogP contribution >= 0.6 is 0 Å². The van der Waals surface area contributed by atoms with Gasteiger partial charge in [0.15, 0.2) is 5.65 Å². The van der Waals surface area contributed by atoms with Crippen molar-refractivity contribution in [1.29, 1.82) is 0 Å². The SMILES string of the molecule is O=C(O)[C@@H]1CCCN(c2ccc3nnc(C(F)(F)F)n3n2)C1. The van der Waals surface area contributed by atoms with Crippen molar-refractivity contribution in [1.82, 2.24) is 19.8 Å². The largest absolute Gasteiger partial charge is 0.481 e. The van der Waals surface area contributed by atoms with Crippen LogP contribution in [0.2, 0.25) is 0 Å². The Labute approximate surface area is 122 Å². The summed E-state index contributed by atoms with van der Waals surface area (Å²) >= 11 is 0. The van der Waals surface area contributed by atoms with Crippen LogP contribution in [-0.4, -0.2) is 44.0 Å². The maximum atomic E-state index is 12.8. The minimum absolute atomic E-state index is 0.0112. The Kier molecular flexibility index (Phi) is 3.38. The summed E-state index contributed by atoms with van der Waals surface area (Å²) in [6.07, 6.45) is -3.46. The van der Waals surface area contributed by atoms with E-state index < -0.39 is 23.9 Å². The monoisotopic (exact) mass is 315 g/mol. The maximum absolute atomic E-state index is 12.8. The van der Waals surface area contributed by atoms with Crippen molar-refractivity contribution in [2.75, 3.05) is 18.0 Å². The predicted octanol–water partition coefficient (Wildman–Crippen LogP) is 1.44. The molecule has 1 saturated heterocycles. The lowest BCUT2D eigenvalue weighted by Crippen LogP contribution is -2.39. The Bertz CT molecular complexity index is 714. The zero-order chi connectivity index (χ0) is 15.9. The van der Waals surface area contributed by atoms with Crippen molar-refractivity contribution in [2.45, 2.75) is 19.0 Å². The number of alkyl halides is 3. The van der Waals surface area contributed by atoms with E-state index in [-0.39, 0.29) is 18.0 Å². The summed E-state index contributed by atoms with van der Waals surface area (Å²) in [6.45, 7) is 0.767. The molecule has 7 nitrogen and oxygen atoms in total. The van der Waals surface area contributed by atoms with Crippen molar-refractivity contribution in [3.8, 4) is 0 Å². The fourth-order valence-electron chi connectivity index (χ4n) is 2.51. The number of carboxylic acid groups (broad SMARTS) is 1. The van der Waals surface area contributed by atoms with Crippen molar-refractivity contribution < 1.29 is 23.1 Å². The Balaban J connectivity index is 1.96. The number of carbonyl (C=O) groups is 1. The molecule has 1 fully saturated rings. The van der Waals surface area contributed by atoms with Crippen molar-refractivity contribution in [3.63, 3.8) is 0 Å². The van der Waals surface area contributed by atoms with Gasteiger partial charge in [0.25, 0.3) is 5.82 Å². The number of hydrogen-bond donors (Lipinski definition) is 1. The summed E-state index contributed by atoms with van der Waals surface area (Å²) in [5, 5.41) is 19.5. The summed E-state index contributed by atoms with van der Waals surface area (Å²) in [6, 6.07) is 2.91. The van der Waals surface area contributed by atoms with Crippen LogP contribution in [0.15, 0.2) is 12.1 Å². The molecule has 22 heavy (non-hydrogen) atoms. The quantitative estimate of drug-likeness (QED) is 0.903. The summed E-state index contributed by atoms with van der Waals surface area (Å²) in [7, 11) is 0. The number of rotatable bonds is 2. The second kappa shape index (κ2) is 5.11. The third kappa shape index (κ3) is 2.55. The molecule has 0 aromatic carbocycles. The van der Waals surface area contributed by atoms with E-state index in [0.717, 1.165) is 0 Å². The van der Waals surface area contributed by atoms with Crippen LogP contribution in [0.5, 0.6) is 0 Å². The molecule has 1 aliphatic heterocycles. The van der Waals surface area contributed by atoms with Gasteiger partial charge in [-0.2, -0.15) is 17.7 Å².